The summed E-state index contributed by atoms with van der Waals surface area (Å²) in [5.74, 6) is 0.938. The summed E-state index contributed by atoms with van der Waals surface area (Å²) in [6.45, 7) is 3.99. The number of fused-ring (bicyclic) bond motifs is 5. The van der Waals surface area contributed by atoms with Gasteiger partial charge in [-0.3, -0.25) is 4.99 Å². The standard InChI is InChI=1S/C17H18N2O/c1-11-16-9-13-4-3-12-5-6-14(20-2)10-15(12)17(13)19(16)8-7-18-11/h5-6,9-10H,3-4,7-8H2,1-2H3. The highest BCUT2D eigenvalue weighted by atomic mass is 16.5. The molecule has 0 unspecified atom stereocenters. The monoisotopic (exact) mass is 266 g/mol. The van der Waals surface area contributed by atoms with E-state index in [4.69, 9.17) is 4.74 Å². The van der Waals surface area contributed by atoms with E-state index >= 15 is 0 Å². The van der Waals surface area contributed by atoms with E-state index in [0.717, 1.165) is 37.4 Å². The number of nitrogens with zero attached hydrogens (tertiary/aromatic N) is 2. The highest BCUT2D eigenvalue weighted by molar-refractivity contribution is 5.99. The molecule has 3 nitrogen and oxygen atoms in total. The van der Waals surface area contributed by atoms with Gasteiger partial charge in [0.05, 0.1) is 30.8 Å². The van der Waals surface area contributed by atoms with E-state index in [9.17, 15) is 0 Å². The van der Waals surface area contributed by atoms with Crippen LogP contribution in [0.25, 0.3) is 11.3 Å². The van der Waals surface area contributed by atoms with Crippen molar-refractivity contribution in [3.05, 3.63) is 41.1 Å². The van der Waals surface area contributed by atoms with E-state index in [1.165, 1.54) is 28.1 Å². The normalized spacial score (nSPS) is 16.0. The zero-order chi connectivity index (χ0) is 13.7. The lowest BCUT2D eigenvalue weighted by molar-refractivity contribution is 0.414. The van der Waals surface area contributed by atoms with Gasteiger partial charge >= 0.3 is 0 Å². The lowest BCUT2D eigenvalue weighted by Gasteiger charge is -2.22. The summed E-state index contributed by atoms with van der Waals surface area (Å²) in [5.41, 5.74) is 8.06. The Morgan fingerprint density at radius 3 is 2.85 bits per heavy atom. The van der Waals surface area contributed by atoms with Crippen LogP contribution < -0.4 is 4.74 Å². The molecular weight excluding hydrogens is 248 g/mol. The van der Waals surface area contributed by atoms with Gasteiger partial charge in [0, 0.05) is 12.1 Å². The molecule has 0 saturated carbocycles. The Morgan fingerprint density at radius 2 is 2.00 bits per heavy atom. The molecule has 2 heterocycles. The predicted molar refractivity (Wildman–Crippen MR) is 80.9 cm³/mol. The fourth-order valence-corrected chi connectivity index (χ4v) is 3.44. The second kappa shape index (κ2) is 4.23. The number of aliphatic imine (C=N–C) groups is 1. The van der Waals surface area contributed by atoms with Gasteiger partial charge in [-0.1, -0.05) is 6.07 Å². The molecule has 2 aliphatic rings. The first kappa shape index (κ1) is 11.8. The number of rotatable bonds is 1. The van der Waals surface area contributed by atoms with Crippen LogP contribution in [-0.2, 0) is 19.4 Å². The first-order valence-corrected chi connectivity index (χ1v) is 7.19. The fourth-order valence-electron chi connectivity index (χ4n) is 3.44. The Bertz CT molecular complexity index is 725. The van der Waals surface area contributed by atoms with Gasteiger partial charge in [0.15, 0.2) is 0 Å². The largest absolute Gasteiger partial charge is 0.497 e. The molecule has 0 radical (unpaired) electrons. The zero-order valence-electron chi connectivity index (χ0n) is 11.9. The van der Waals surface area contributed by atoms with Gasteiger partial charge in [-0.25, -0.2) is 0 Å². The Labute approximate surface area is 118 Å². The molecule has 4 rings (SSSR count). The van der Waals surface area contributed by atoms with E-state index in [1.807, 2.05) is 0 Å². The van der Waals surface area contributed by atoms with Gasteiger partial charge in [0.25, 0.3) is 0 Å². The van der Waals surface area contributed by atoms with Crippen molar-refractivity contribution in [2.45, 2.75) is 26.3 Å². The Kier molecular flexibility index (Phi) is 2.49. The van der Waals surface area contributed by atoms with E-state index in [0.29, 0.717) is 0 Å². The molecule has 0 fully saturated rings. The van der Waals surface area contributed by atoms with Gasteiger partial charge < -0.3 is 9.30 Å². The predicted octanol–water partition coefficient (Wildman–Crippen LogP) is 3.08. The second-order valence-electron chi connectivity index (χ2n) is 5.55. The lowest BCUT2D eigenvalue weighted by Crippen LogP contribution is -2.17. The first-order chi connectivity index (χ1) is 9.78. The maximum Gasteiger partial charge on any atom is 0.119 e. The van der Waals surface area contributed by atoms with Crippen molar-refractivity contribution in [3.8, 4) is 17.0 Å². The summed E-state index contributed by atoms with van der Waals surface area (Å²) in [6.07, 6.45) is 2.24. The molecule has 20 heavy (non-hydrogen) atoms. The highest BCUT2D eigenvalue weighted by Crippen LogP contribution is 2.38. The molecule has 1 aromatic carbocycles. The van der Waals surface area contributed by atoms with E-state index in [-0.39, 0.29) is 0 Å². The molecule has 0 N–H and O–H groups in total. The maximum atomic E-state index is 5.40. The quantitative estimate of drug-likeness (QED) is 0.779. The minimum atomic E-state index is 0.888. The van der Waals surface area contributed by atoms with Crippen LogP contribution in [0.2, 0.25) is 0 Å². The maximum absolute atomic E-state index is 5.40. The molecule has 3 heteroatoms. The molecule has 1 aromatic heterocycles. The number of aromatic nitrogens is 1. The van der Waals surface area contributed by atoms with Crippen molar-refractivity contribution in [2.75, 3.05) is 13.7 Å². The molecule has 1 aliphatic carbocycles. The van der Waals surface area contributed by atoms with Crippen LogP contribution in [0.15, 0.2) is 29.3 Å². The van der Waals surface area contributed by atoms with Gasteiger partial charge in [-0.2, -0.15) is 0 Å². The summed E-state index contributed by atoms with van der Waals surface area (Å²) in [4.78, 5) is 4.58. The summed E-state index contributed by atoms with van der Waals surface area (Å²) in [6, 6.07) is 8.79. The minimum Gasteiger partial charge on any atom is -0.497 e. The molecule has 2 aromatic rings. The van der Waals surface area contributed by atoms with Crippen molar-refractivity contribution < 1.29 is 4.74 Å². The topological polar surface area (TPSA) is 26.5 Å². The third-order valence-corrected chi connectivity index (χ3v) is 4.45. The van der Waals surface area contributed by atoms with Crippen LogP contribution in [0.5, 0.6) is 5.75 Å². The van der Waals surface area contributed by atoms with Crippen LogP contribution >= 0.6 is 0 Å². The molecule has 0 bridgehead atoms. The minimum absolute atomic E-state index is 0.888. The van der Waals surface area contributed by atoms with Crippen LogP contribution in [0.4, 0.5) is 0 Å². The van der Waals surface area contributed by atoms with Crippen LogP contribution in [0.3, 0.4) is 0 Å². The molecule has 0 atom stereocenters. The van der Waals surface area contributed by atoms with Crippen LogP contribution in [0.1, 0.15) is 23.7 Å². The highest BCUT2D eigenvalue weighted by Gasteiger charge is 2.25. The number of methoxy groups -OCH3 is 1. The van der Waals surface area contributed by atoms with Crippen molar-refractivity contribution in [2.24, 2.45) is 4.99 Å². The third kappa shape index (κ3) is 1.56. The van der Waals surface area contributed by atoms with Crippen LogP contribution in [-0.4, -0.2) is 23.9 Å². The summed E-state index contributed by atoms with van der Waals surface area (Å²) in [5, 5.41) is 0. The number of hydrogen-bond donors (Lipinski definition) is 0. The van der Waals surface area contributed by atoms with E-state index in [2.05, 4.69) is 40.7 Å². The first-order valence-electron chi connectivity index (χ1n) is 7.19. The summed E-state index contributed by atoms with van der Waals surface area (Å²) in [7, 11) is 1.73. The number of aryl methyl sites for hydroxylation is 2. The molecule has 102 valence electrons. The van der Waals surface area contributed by atoms with Gasteiger partial charge in [0.1, 0.15) is 5.75 Å². The Balaban J connectivity index is 1.97. The zero-order valence-corrected chi connectivity index (χ0v) is 11.9. The van der Waals surface area contributed by atoms with Crippen molar-refractivity contribution in [3.63, 3.8) is 0 Å². The molecule has 0 spiro atoms. The average molecular weight is 266 g/mol. The van der Waals surface area contributed by atoms with Crippen molar-refractivity contribution >= 4 is 5.71 Å². The second-order valence-corrected chi connectivity index (χ2v) is 5.55. The smallest absolute Gasteiger partial charge is 0.119 e. The summed E-state index contributed by atoms with van der Waals surface area (Å²) < 4.78 is 7.84. The third-order valence-electron chi connectivity index (χ3n) is 4.45. The van der Waals surface area contributed by atoms with Crippen LogP contribution in [0, 0.1) is 0 Å². The van der Waals surface area contributed by atoms with Gasteiger partial charge in [0.2, 0.25) is 0 Å². The Hall–Kier alpha value is -2.03. The summed E-state index contributed by atoms with van der Waals surface area (Å²) >= 11 is 0. The molecular formula is C17H18N2O. The fraction of sp³-hybridized carbons (Fsp3) is 0.353. The Morgan fingerprint density at radius 1 is 1.15 bits per heavy atom. The van der Waals surface area contributed by atoms with Crippen molar-refractivity contribution in [1.29, 1.82) is 0 Å². The molecule has 0 saturated heterocycles. The van der Waals surface area contributed by atoms with E-state index in [1.54, 1.807) is 7.11 Å². The SMILES string of the molecule is COc1ccc2c(c1)-c1c(cc3n1CCN=C3C)CC2. The average Bonchev–Trinajstić information content (AvgIpc) is 2.87. The van der Waals surface area contributed by atoms with Crippen molar-refractivity contribution in [1.82, 2.24) is 4.57 Å². The molecule has 0 amide bonds. The number of hydrogen-bond acceptors (Lipinski definition) is 2. The molecule has 1 aliphatic heterocycles. The van der Waals surface area contributed by atoms with Gasteiger partial charge in [-0.15, -0.1) is 0 Å². The lowest BCUT2D eigenvalue weighted by atomic mass is 9.90. The number of benzene rings is 1. The van der Waals surface area contributed by atoms with E-state index < -0.39 is 0 Å². The number of ether oxygens (including phenoxy) is 1. The van der Waals surface area contributed by atoms with Gasteiger partial charge in [-0.05, 0) is 49.1 Å².